The standard InChI is InChI=1S/C46H27N3S/c1-2-13-30(14-3-1)43-37-24-21-29-12-5-7-16-33(29)44(37)48-46(47-43)49-39-25-22-28-11-4-6-15-32(28)42(39)36-19-10-18-34(45(36)49)31-23-26-41-38(27-31)35-17-8-9-20-40(35)50-41/h1-27H. The van der Waals surface area contributed by atoms with Crippen molar-refractivity contribution in [1.29, 1.82) is 0 Å². The van der Waals surface area contributed by atoms with Crippen LogP contribution in [0, 0.1) is 0 Å². The highest BCUT2D eigenvalue weighted by Crippen LogP contribution is 2.43. The molecule has 232 valence electrons. The number of hydrogen-bond donors (Lipinski definition) is 0. The summed E-state index contributed by atoms with van der Waals surface area (Å²) in [4.78, 5) is 11.0. The lowest BCUT2D eigenvalue weighted by molar-refractivity contribution is 1.02. The van der Waals surface area contributed by atoms with Crippen LogP contribution in [-0.2, 0) is 0 Å². The number of para-hydroxylation sites is 1. The molecule has 4 heteroatoms. The van der Waals surface area contributed by atoms with Gasteiger partial charge < -0.3 is 0 Å². The van der Waals surface area contributed by atoms with Gasteiger partial charge in [-0.2, -0.15) is 0 Å². The average molecular weight is 654 g/mol. The topological polar surface area (TPSA) is 30.7 Å². The monoisotopic (exact) mass is 653 g/mol. The molecule has 3 heterocycles. The third-order valence-electron chi connectivity index (χ3n) is 10.2. The first kappa shape index (κ1) is 27.6. The SMILES string of the molecule is c1ccc(-c2nc(-n3c4ccc5ccccc5c4c4cccc(-c5ccc6sc7ccccc7c6c5)c43)nc3c2ccc2ccccc23)cc1. The molecule has 0 radical (unpaired) electrons. The maximum Gasteiger partial charge on any atom is 0.235 e. The summed E-state index contributed by atoms with van der Waals surface area (Å²) < 4.78 is 4.92. The Hall–Kier alpha value is -6.36. The Balaban J connectivity index is 1.31. The maximum atomic E-state index is 5.48. The van der Waals surface area contributed by atoms with Gasteiger partial charge in [-0.15, -0.1) is 11.3 Å². The molecule has 0 saturated carbocycles. The van der Waals surface area contributed by atoms with E-state index in [0.717, 1.165) is 49.5 Å². The molecule has 11 rings (SSSR count). The van der Waals surface area contributed by atoms with Crippen molar-refractivity contribution in [2.24, 2.45) is 0 Å². The molecule has 3 nitrogen and oxygen atoms in total. The van der Waals surface area contributed by atoms with Crippen molar-refractivity contribution < 1.29 is 0 Å². The minimum absolute atomic E-state index is 0.664. The van der Waals surface area contributed by atoms with Gasteiger partial charge in [0.2, 0.25) is 5.95 Å². The molecule has 3 aromatic heterocycles. The van der Waals surface area contributed by atoms with Crippen molar-refractivity contribution in [2.45, 2.75) is 0 Å². The van der Waals surface area contributed by atoms with Gasteiger partial charge >= 0.3 is 0 Å². The molecule has 0 aliphatic rings. The van der Waals surface area contributed by atoms with Gasteiger partial charge in [0, 0.05) is 52.8 Å². The normalized spacial score (nSPS) is 12.0. The van der Waals surface area contributed by atoms with Gasteiger partial charge in [-0.25, -0.2) is 9.97 Å². The lowest BCUT2D eigenvalue weighted by Crippen LogP contribution is -2.04. The van der Waals surface area contributed by atoms with Crippen molar-refractivity contribution in [3.05, 3.63) is 164 Å². The first-order chi connectivity index (χ1) is 24.8. The van der Waals surface area contributed by atoms with Crippen LogP contribution in [0.15, 0.2) is 164 Å². The molecule has 0 bridgehead atoms. The van der Waals surface area contributed by atoms with E-state index in [4.69, 9.17) is 9.97 Å². The fourth-order valence-corrected chi connectivity index (χ4v) is 9.02. The summed E-state index contributed by atoms with van der Waals surface area (Å²) in [5.74, 6) is 0.664. The van der Waals surface area contributed by atoms with Crippen LogP contribution >= 0.6 is 11.3 Å². The van der Waals surface area contributed by atoms with E-state index in [1.54, 1.807) is 0 Å². The lowest BCUT2D eigenvalue weighted by atomic mass is 9.98. The number of thiophene rings is 1. The Kier molecular flexibility index (Phi) is 5.83. The smallest absolute Gasteiger partial charge is 0.235 e. The van der Waals surface area contributed by atoms with Crippen LogP contribution in [0.1, 0.15) is 0 Å². The summed E-state index contributed by atoms with van der Waals surface area (Å²) in [6.45, 7) is 0. The molecular weight excluding hydrogens is 627 g/mol. The predicted octanol–water partition coefficient (Wildman–Crippen LogP) is 12.7. The van der Waals surface area contributed by atoms with E-state index >= 15 is 0 Å². The molecule has 0 unspecified atom stereocenters. The number of aromatic nitrogens is 3. The Bertz CT molecular complexity index is 3150. The van der Waals surface area contributed by atoms with E-state index in [9.17, 15) is 0 Å². The largest absolute Gasteiger partial charge is 0.277 e. The van der Waals surface area contributed by atoms with Gasteiger partial charge in [0.1, 0.15) is 0 Å². The van der Waals surface area contributed by atoms with Crippen molar-refractivity contribution >= 4 is 85.8 Å². The number of rotatable bonds is 3. The summed E-state index contributed by atoms with van der Waals surface area (Å²) >= 11 is 1.85. The first-order valence-corrected chi connectivity index (χ1v) is 17.7. The Morgan fingerprint density at radius 1 is 0.440 bits per heavy atom. The van der Waals surface area contributed by atoms with Gasteiger partial charge in [-0.3, -0.25) is 4.57 Å². The molecular formula is C46H27N3S. The van der Waals surface area contributed by atoms with E-state index in [1.807, 2.05) is 11.3 Å². The molecule has 11 aromatic rings. The zero-order valence-electron chi connectivity index (χ0n) is 26.8. The summed E-state index contributed by atoms with van der Waals surface area (Å²) in [5, 5.41) is 10.7. The maximum absolute atomic E-state index is 5.48. The van der Waals surface area contributed by atoms with E-state index < -0.39 is 0 Å². The number of fused-ring (bicyclic) bond motifs is 11. The van der Waals surface area contributed by atoms with E-state index in [0.29, 0.717) is 5.95 Å². The highest BCUT2D eigenvalue weighted by molar-refractivity contribution is 7.25. The van der Waals surface area contributed by atoms with Crippen LogP contribution in [0.3, 0.4) is 0 Å². The van der Waals surface area contributed by atoms with Crippen LogP contribution in [0.5, 0.6) is 0 Å². The molecule has 0 amide bonds. The van der Waals surface area contributed by atoms with Crippen molar-refractivity contribution in [2.75, 3.05) is 0 Å². The zero-order chi connectivity index (χ0) is 32.8. The number of benzene rings is 8. The van der Waals surface area contributed by atoms with Crippen molar-refractivity contribution in [3.8, 4) is 28.3 Å². The molecule has 0 fully saturated rings. The van der Waals surface area contributed by atoms with Gasteiger partial charge in [0.15, 0.2) is 0 Å². The Morgan fingerprint density at radius 3 is 2.02 bits per heavy atom. The molecule has 0 N–H and O–H groups in total. The minimum atomic E-state index is 0.664. The second kappa shape index (κ2) is 10.6. The second-order valence-electron chi connectivity index (χ2n) is 12.9. The van der Waals surface area contributed by atoms with E-state index in [2.05, 4.69) is 168 Å². The average Bonchev–Trinajstić information content (AvgIpc) is 3.73. The summed E-state index contributed by atoms with van der Waals surface area (Å²) in [5.41, 5.74) is 7.47. The lowest BCUT2D eigenvalue weighted by Gasteiger charge is -2.15. The van der Waals surface area contributed by atoms with E-state index in [1.165, 1.54) is 47.3 Å². The van der Waals surface area contributed by atoms with Crippen LogP contribution in [0.4, 0.5) is 0 Å². The molecule has 0 aliphatic carbocycles. The summed E-state index contributed by atoms with van der Waals surface area (Å²) in [6.07, 6.45) is 0. The van der Waals surface area contributed by atoms with Gasteiger partial charge in [-0.1, -0.05) is 133 Å². The van der Waals surface area contributed by atoms with Crippen LogP contribution < -0.4 is 0 Å². The zero-order valence-corrected chi connectivity index (χ0v) is 27.7. The summed E-state index contributed by atoms with van der Waals surface area (Å²) in [7, 11) is 0. The van der Waals surface area contributed by atoms with Gasteiger partial charge in [0.25, 0.3) is 0 Å². The highest BCUT2D eigenvalue weighted by atomic mass is 32.1. The van der Waals surface area contributed by atoms with Crippen LogP contribution in [0.2, 0.25) is 0 Å². The Labute approximate surface area is 291 Å². The van der Waals surface area contributed by atoms with Crippen LogP contribution in [-0.4, -0.2) is 14.5 Å². The van der Waals surface area contributed by atoms with E-state index in [-0.39, 0.29) is 0 Å². The van der Waals surface area contributed by atoms with Crippen molar-refractivity contribution in [1.82, 2.24) is 14.5 Å². The van der Waals surface area contributed by atoms with Gasteiger partial charge in [-0.05, 0) is 52.1 Å². The fourth-order valence-electron chi connectivity index (χ4n) is 7.94. The third-order valence-corrected chi connectivity index (χ3v) is 11.3. The minimum Gasteiger partial charge on any atom is -0.277 e. The molecule has 0 atom stereocenters. The third kappa shape index (κ3) is 3.97. The fraction of sp³-hybridized carbons (Fsp3) is 0. The van der Waals surface area contributed by atoms with Gasteiger partial charge in [0.05, 0.1) is 22.2 Å². The van der Waals surface area contributed by atoms with Crippen LogP contribution in [0.25, 0.3) is 103 Å². The molecule has 0 aliphatic heterocycles. The number of nitrogens with zero attached hydrogens (tertiary/aromatic N) is 3. The molecule has 8 aromatic carbocycles. The predicted molar refractivity (Wildman–Crippen MR) is 213 cm³/mol. The highest BCUT2D eigenvalue weighted by Gasteiger charge is 2.22. The second-order valence-corrected chi connectivity index (χ2v) is 14.0. The number of hydrogen-bond acceptors (Lipinski definition) is 3. The summed E-state index contributed by atoms with van der Waals surface area (Å²) in [6, 6.07) is 58.9. The van der Waals surface area contributed by atoms with Crippen molar-refractivity contribution in [3.63, 3.8) is 0 Å². The quantitative estimate of drug-likeness (QED) is 0.178. The first-order valence-electron chi connectivity index (χ1n) is 16.9. The molecule has 0 spiro atoms. The molecule has 0 saturated heterocycles. The Morgan fingerprint density at radius 2 is 1.14 bits per heavy atom. The molecule has 50 heavy (non-hydrogen) atoms.